The van der Waals surface area contributed by atoms with Gasteiger partial charge in [0.1, 0.15) is 0 Å². The van der Waals surface area contributed by atoms with Gasteiger partial charge in [0.25, 0.3) is 0 Å². The van der Waals surface area contributed by atoms with Gasteiger partial charge in [0.2, 0.25) is 0 Å². The summed E-state index contributed by atoms with van der Waals surface area (Å²) in [5.74, 6) is 0.746. The summed E-state index contributed by atoms with van der Waals surface area (Å²) in [6.45, 7) is 16.7. The molecule has 1 nitrogen and oxygen atoms in total. The third-order valence-electron chi connectivity index (χ3n) is 5.03. The van der Waals surface area contributed by atoms with Gasteiger partial charge in [-0.15, -0.1) is 0 Å². The van der Waals surface area contributed by atoms with Gasteiger partial charge in [0.05, 0.1) is 16.1 Å². The highest BCUT2D eigenvalue weighted by molar-refractivity contribution is 6.79. The molecule has 2 aliphatic rings. The van der Waals surface area contributed by atoms with E-state index in [-0.39, 0.29) is 0 Å². The zero-order valence-electron chi connectivity index (χ0n) is 14.3. The molecule has 0 saturated carbocycles. The lowest BCUT2D eigenvalue weighted by Gasteiger charge is -2.42. The van der Waals surface area contributed by atoms with Gasteiger partial charge >= 0.3 is 0 Å². The monoisotopic (exact) mass is 307 g/mol. The van der Waals surface area contributed by atoms with Crippen LogP contribution in [0.15, 0.2) is 24.3 Å². The molecule has 1 fully saturated rings. The van der Waals surface area contributed by atoms with Crippen molar-refractivity contribution in [2.45, 2.75) is 69.9 Å². The lowest BCUT2D eigenvalue weighted by Crippen LogP contribution is -2.56. The predicted molar refractivity (Wildman–Crippen MR) is 96.6 cm³/mol. The molecule has 0 amide bonds. The number of rotatable bonds is 4. The fourth-order valence-electron chi connectivity index (χ4n) is 4.02. The van der Waals surface area contributed by atoms with Gasteiger partial charge in [-0.2, -0.15) is 0 Å². The maximum atomic E-state index is 2.96. The summed E-state index contributed by atoms with van der Waals surface area (Å²) >= 11 is 0. The molecule has 0 aromatic heterocycles. The molecule has 2 unspecified atom stereocenters. The van der Waals surface area contributed by atoms with Gasteiger partial charge in [-0.1, -0.05) is 63.6 Å². The Labute approximate surface area is 128 Å². The lowest BCUT2D eigenvalue weighted by molar-refractivity contribution is 0.246. The predicted octanol–water partition coefficient (Wildman–Crippen LogP) is 4.71. The molecule has 0 aromatic carbocycles. The first-order valence-electron chi connectivity index (χ1n) is 8.28. The Morgan fingerprint density at radius 2 is 1.45 bits per heavy atom. The molecular weight excluding hydrogens is 274 g/mol. The van der Waals surface area contributed by atoms with E-state index in [2.05, 4.69) is 68.5 Å². The Morgan fingerprint density at radius 1 is 0.900 bits per heavy atom. The molecule has 3 atom stereocenters. The van der Waals surface area contributed by atoms with E-state index in [1.807, 2.05) is 0 Å². The third-order valence-corrected chi connectivity index (χ3v) is 10.3. The van der Waals surface area contributed by atoms with Crippen molar-refractivity contribution < 1.29 is 0 Å². The van der Waals surface area contributed by atoms with Crippen molar-refractivity contribution in [1.29, 1.82) is 0 Å². The van der Waals surface area contributed by atoms with Crippen LogP contribution in [0.4, 0.5) is 0 Å². The van der Waals surface area contributed by atoms with Crippen LogP contribution >= 0.6 is 0 Å². The smallest absolute Gasteiger partial charge is 0.0638 e. The second-order valence-corrected chi connectivity index (χ2v) is 19.6. The van der Waals surface area contributed by atoms with Gasteiger partial charge in [0, 0.05) is 17.9 Å². The molecule has 1 aliphatic heterocycles. The SMILES string of the molecule is C[Si](C)(C)C1CCC([Si](C)(C)C)N1C[C@H]1C=CC=CC1. The number of allylic oxidation sites excluding steroid dienone is 3. The van der Waals surface area contributed by atoms with E-state index in [0.717, 1.165) is 17.2 Å². The molecule has 0 bridgehead atoms. The fraction of sp³-hybridized carbons (Fsp3) is 0.765. The van der Waals surface area contributed by atoms with E-state index in [1.54, 1.807) is 0 Å². The summed E-state index contributed by atoms with van der Waals surface area (Å²) in [5.41, 5.74) is 1.80. The first-order chi connectivity index (χ1) is 9.19. The summed E-state index contributed by atoms with van der Waals surface area (Å²) < 4.78 is 0. The van der Waals surface area contributed by atoms with E-state index in [1.165, 1.54) is 25.8 Å². The molecule has 20 heavy (non-hydrogen) atoms. The molecule has 0 radical (unpaired) electrons. The zero-order chi connectivity index (χ0) is 15.0. The Balaban J connectivity index is 2.16. The Kier molecular flexibility index (Phi) is 4.82. The van der Waals surface area contributed by atoms with E-state index in [9.17, 15) is 0 Å². The van der Waals surface area contributed by atoms with Crippen molar-refractivity contribution in [2.24, 2.45) is 5.92 Å². The standard InChI is InChI=1S/C17H33NSi2/c1-19(2,3)16-12-13-17(20(4,5)6)18(16)14-15-10-8-7-9-11-15/h7-10,15-17H,11-14H2,1-6H3/t15-,16?,17?/m0/s1. The molecule has 2 rings (SSSR count). The van der Waals surface area contributed by atoms with Crippen LogP contribution in [0.5, 0.6) is 0 Å². The fourth-order valence-corrected chi connectivity index (χ4v) is 8.79. The maximum Gasteiger partial charge on any atom is 0.0638 e. The van der Waals surface area contributed by atoms with E-state index < -0.39 is 16.1 Å². The van der Waals surface area contributed by atoms with Crippen molar-refractivity contribution in [3.8, 4) is 0 Å². The number of hydrogen-bond donors (Lipinski definition) is 0. The summed E-state index contributed by atoms with van der Waals surface area (Å²) in [7, 11) is -2.17. The number of hydrogen-bond acceptors (Lipinski definition) is 1. The van der Waals surface area contributed by atoms with E-state index >= 15 is 0 Å². The highest BCUT2D eigenvalue weighted by atomic mass is 28.3. The topological polar surface area (TPSA) is 3.24 Å². The number of likely N-dealkylation sites (tertiary alicyclic amines) is 1. The minimum atomic E-state index is -1.09. The van der Waals surface area contributed by atoms with Crippen molar-refractivity contribution in [3.05, 3.63) is 24.3 Å². The van der Waals surface area contributed by atoms with E-state index in [0.29, 0.717) is 0 Å². The van der Waals surface area contributed by atoms with Crippen LogP contribution in [-0.4, -0.2) is 38.9 Å². The lowest BCUT2D eigenvalue weighted by atomic mass is 10.0. The van der Waals surface area contributed by atoms with Crippen LogP contribution in [0.1, 0.15) is 19.3 Å². The van der Waals surface area contributed by atoms with Crippen LogP contribution in [-0.2, 0) is 0 Å². The first kappa shape index (κ1) is 16.2. The molecular formula is C17H33NSi2. The van der Waals surface area contributed by atoms with Crippen LogP contribution in [0, 0.1) is 5.92 Å². The van der Waals surface area contributed by atoms with Crippen molar-refractivity contribution in [1.82, 2.24) is 4.90 Å². The van der Waals surface area contributed by atoms with Crippen LogP contribution in [0.3, 0.4) is 0 Å². The molecule has 1 heterocycles. The molecule has 0 N–H and O–H groups in total. The molecule has 1 aliphatic carbocycles. The first-order valence-corrected chi connectivity index (χ1v) is 15.4. The molecule has 1 saturated heterocycles. The van der Waals surface area contributed by atoms with Gasteiger partial charge in [-0.25, -0.2) is 0 Å². The molecule has 3 heteroatoms. The minimum Gasteiger partial charge on any atom is -0.302 e. The largest absolute Gasteiger partial charge is 0.302 e. The molecule has 0 aromatic rings. The third kappa shape index (κ3) is 3.74. The summed E-state index contributed by atoms with van der Waals surface area (Å²) in [4.78, 5) is 2.96. The Hall–Kier alpha value is -0.126. The number of nitrogens with zero attached hydrogens (tertiary/aromatic N) is 1. The Bertz CT molecular complexity index is 365. The normalized spacial score (nSPS) is 32.0. The second kappa shape index (κ2) is 5.94. The van der Waals surface area contributed by atoms with Gasteiger partial charge in [-0.05, 0) is 25.2 Å². The van der Waals surface area contributed by atoms with Crippen molar-refractivity contribution in [3.63, 3.8) is 0 Å². The molecule has 114 valence electrons. The van der Waals surface area contributed by atoms with Gasteiger partial charge in [0.15, 0.2) is 0 Å². The maximum absolute atomic E-state index is 2.96. The van der Waals surface area contributed by atoms with Crippen molar-refractivity contribution >= 4 is 16.1 Å². The van der Waals surface area contributed by atoms with Crippen LogP contribution < -0.4 is 0 Å². The Morgan fingerprint density at radius 3 is 1.85 bits per heavy atom. The minimum absolute atomic E-state index is 0.746. The van der Waals surface area contributed by atoms with Crippen LogP contribution in [0.2, 0.25) is 39.3 Å². The zero-order valence-corrected chi connectivity index (χ0v) is 16.3. The van der Waals surface area contributed by atoms with E-state index in [4.69, 9.17) is 0 Å². The average Bonchev–Trinajstić information content (AvgIpc) is 2.73. The second-order valence-electron chi connectivity index (χ2n) is 8.85. The molecule has 0 spiro atoms. The average molecular weight is 308 g/mol. The highest BCUT2D eigenvalue weighted by Gasteiger charge is 2.45. The quantitative estimate of drug-likeness (QED) is 0.680. The van der Waals surface area contributed by atoms with Gasteiger partial charge in [-0.3, -0.25) is 0 Å². The summed E-state index contributed by atoms with van der Waals surface area (Å²) in [6.07, 6.45) is 13.4. The summed E-state index contributed by atoms with van der Waals surface area (Å²) in [5, 5.41) is 0. The summed E-state index contributed by atoms with van der Waals surface area (Å²) in [6, 6.07) is 0. The van der Waals surface area contributed by atoms with Gasteiger partial charge < -0.3 is 4.90 Å². The highest BCUT2D eigenvalue weighted by Crippen LogP contribution is 2.36. The van der Waals surface area contributed by atoms with Crippen LogP contribution in [0.25, 0.3) is 0 Å². The van der Waals surface area contributed by atoms with Crippen molar-refractivity contribution in [2.75, 3.05) is 6.54 Å².